The molecule has 0 aliphatic heterocycles. The first kappa shape index (κ1) is 13.2. The third-order valence-electron chi connectivity index (χ3n) is 2.09. The standard InChI is InChI=1S/C10H12ClNO3S/c1-5(6(2)13)12-10(15)9(14)7-3-4-8(11)16-7/h3-6,13H,1-2H3,(H,12,15)/t5-,6-/m0/s1. The van der Waals surface area contributed by atoms with E-state index in [2.05, 4.69) is 5.32 Å². The predicted molar refractivity (Wildman–Crippen MR) is 62.9 cm³/mol. The molecule has 0 radical (unpaired) electrons. The van der Waals surface area contributed by atoms with E-state index in [1.807, 2.05) is 0 Å². The molecule has 0 spiro atoms. The van der Waals surface area contributed by atoms with E-state index in [1.54, 1.807) is 13.0 Å². The molecular formula is C10H12ClNO3S. The summed E-state index contributed by atoms with van der Waals surface area (Å²) in [5.41, 5.74) is 0. The topological polar surface area (TPSA) is 66.4 Å². The van der Waals surface area contributed by atoms with Gasteiger partial charge in [-0.25, -0.2) is 0 Å². The van der Waals surface area contributed by atoms with Crippen LogP contribution < -0.4 is 5.32 Å². The highest BCUT2D eigenvalue weighted by molar-refractivity contribution is 7.18. The summed E-state index contributed by atoms with van der Waals surface area (Å²) in [6.07, 6.45) is -0.705. The molecule has 0 aromatic carbocycles. The first-order chi connectivity index (χ1) is 7.41. The van der Waals surface area contributed by atoms with Gasteiger partial charge in [0.05, 0.1) is 21.4 Å². The van der Waals surface area contributed by atoms with Gasteiger partial charge in [-0.3, -0.25) is 9.59 Å². The Morgan fingerprint density at radius 1 is 1.44 bits per heavy atom. The van der Waals surface area contributed by atoms with Gasteiger partial charge in [-0.2, -0.15) is 0 Å². The van der Waals surface area contributed by atoms with Gasteiger partial charge < -0.3 is 10.4 Å². The molecule has 0 bridgehead atoms. The van der Waals surface area contributed by atoms with Crippen molar-refractivity contribution in [2.24, 2.45) is 0 Å². The molecule has 1 rings (SSSR count). The molecule has 1 aromatic rings. The van der Waals surface area contributed by atoms with Crippen molar-refractivity contribution < 1.29 is 14.7 Å². The fourth-order valence-corrected chi connectivity index (χ4v) is 1.92. The van der Waals surface area contributed by atoms with Crippen molar-refractivity contribution in [1.29, 1.82) is 0 Å². The summed E-state index contributed by atoms with van der Waals surface area (Å²) in [6, 6.07) is 2.60. The van der Waals surface area contributed by atoms with Crippen LogP contribution in [0.25, 0.3) is 0 Å². The Bertz CT molecular complexity index is 403. The molecule has 6 heteroatoms. The molecular weight excluding hydrogens is 250 g/mol. The minimum atomic E-state index is -0.730. The number of carbonyl (C=O) groups is 2. The average molecular weight is 262 g/mol. The molecule has 0 saturated heterocycles. The summed E-state index contributed by atoms with van der Waals surface area (Å²) in [6.45, 7) is 3.16. The fraction of sp³-hybridized carbons (Fsp3) is 0.400. The van der Waals surface area contributed by atoms with Crippen LogP contribution in [-0.4, -0.2) is 28.9 Å². The highest BCUT2D eigenvalue weighted by atomic mass is 35.5. The Labute approximate surface area is 102 Å². The van der Waals surface area contributed by atoms with Crippen molar-refractivity contribution in [2.75, 3.05) is 0 Å². The van der Waals surface area contributed by atoms with Crippen LogP contribution in [0.15, 0.2) is 12.1 Å². The average Bonchev–Trinajstić information content (AvgIpc) is 2.63. The number of aliphatic hydroxyl groups excluding tert-OH is 1. The fourth-order valence-electron chi connectivity index (χ4n) is 0.941. The van der Waals surface area contributed by atoms with Crippen molar-refractivity contribution in [3.63, 3.8) is 0 Å². The second-order valence-corrected chi connectivity index (χ2v) is 5.15. The number of carbonyl (C=O) groups excluding carboxylic acids is 2. The molecule has 2 atom stereocenters. The number of hydrogen-bond donors (Lipinski definition) is 2. The van der Waals surface area contributed by atoms with Crippen molar-refractivity contribution >= 4 is 34.6 Å². The van der Waals surface area contributed by atoms with Gasteiger partial charge in [-0.05, 0) is 26.0 Å². The van der Waals surface area contributed by atoms with E-state index >= 15 is 0 Å². The summed E-state index contributed by atoms with van der Waals surface area (Å²) in [5, 5.41) is 11.6. The molecule has 88 valence electrons. The van der Waals surface area contributed by atoms with E-state index in [9.17, 15) is 14.7 Å². The lowest BCUT2D eigenvalue weighted by molar-refractivity contribution is -0.118. The third-order valence-corrected chi connectivity index (χ3v) is 3.32. The highest BCUT2D eigenvalue weighted by Crippen LogP contribution is 2.21. The van der Waals surface area contributed by atoms with Crippen LogP contribution >= 0.6 is 22.9 Å². The third kappa shape index (κ3) is 3.30. The number of amides is 1. The maximum atomic E-state index is 11.6. The summed E-state index contributed by atoms with van der Waals surface area (Å²) in [7, 11) is 0. The van der Waals surface area contributed by atoms with Gasteiger partial charge in [0.1, 0.15) is 0 Å². The van der Waals surface area contributed by atoms with Crippen LogP contribution in [0.1, 0.15) is 23.5 Å². The quantitative estimate of drug-likeness (QED) is 0.637. The van der Waals surface area contributed by atoms with Crippen LogP contribution in [0.2, 0.25) is 4.34 Å². The minimum absolute atomic E-state index is 0.292. The first-order valence-electron chi connectivity index (χ1n) is 4.70. The molecule has 1 heterocycles. The summed E-state index contributed by atoms with van der Waals surface area (Å²) in [4.78, 5) is 23.3. The lowest BCUT2D eigenvalue weighted by Gasteiger charge is -2.15. The van der Waals surface area contributed by atoms with E-state index in [-0.39, 0.29) is 0 Å². The normalized spacial score (nSPS) is 14.2. The summed E-state index contributed by atoms with van der Waals surface area (Å²) >= 11 is 6.71. The summed E-state index contributed by atoms with van der Waals surface area (Å²) < 4.78 is 0.458. The first-order valence-corrected chi connectivity index (χ1v) is 5.90. The summed E-state index contributed by atoms with van der Waals surface area (Å²) in [5.74, 6) is -1.36. The van der Waals surface area contributed by atoms with Gasteiger partial charge in [0.15, 0.2) is 0 Å². The molecule has 0 saturated carbocycles. The predicted octanol–water partition coefficient (Wildman–Crippen LogP) is 1.47. The Kier molecular flexibility index (Phi) is 4.46. The minimum Gasteiger partial charge on any atom is -0.391 e. The van der Waals surface area contributed by atoms with Gasteiger partial charge in [0, 0.05) is 0 Å². The number of nitrogens with one attached hydrogen (secondary N) is 1. The molecule has 1 amide bonds. The van der Waals surface area contributed by atoms with Gasteiger partial charge in [0.2, 0.25) is 0 Å². The smallest absolute Gasteiger partial charge is 0.293 e. The second-order valence-electron chi connectivity index (χ2n) is 3.44. The Balaban J connectivity index is 2.65. The van der Waals surface area contributed by atoms with Crippen LogP contribution in [0.5, 0.6) is 0 Å². The number of Topliss-reactive ketones (excluding diaryl/α,β-unsaturated/α-hetero) is 1. The number of rotatable bonds is 4. The molecule has 16 heavy (non-hydrogen) atoms. The number of aliphatic hydroxyl groups is 1. The van der Waals surface area contributed by atoms with Crippen LogP contribution in [0, 0.1) is 0 Å². The highest BCUT2D eigenvalue weighted by Gasteiger charge is 2.21. The zero-order valence-corrected chi connectivity index (χ0v) is 10.4. The zero-order valence-electron chi connectivity index (χ0n) is 8.86. The van der Waals surface area contributed by atoms with Gasteiger partial charge in [-0.1, -0.05) is 11.6 Å². The van der Waals surface area contributed by atoms with Crippen molar-refractivity contribution in [3.05, 3.63) is 21.3 Å². The van der Waals surface area contributed by atoms with Crippen molar-refractivity contribution in [3.8, 4) is 0 Å². The van der Waals surface area contributed by atoms with Gasteiger partial charge in [0.25, 0.3) is 11.7 Å². The Morgan fingerprint density at radius 3 is 2.50 bits per heavy atom. The van der Waals surface area contributed by atoms with Gasteiger partial charge >= 0.3 is 0 Å². The lowest BCUT2D eigenvalue weighted by atomic mass is 10.2. The van der Waals surface area contributed by atoms with Crippen LogP contribution in [0.3, 0.4) is 0 Å². The van der Waals surface area contributed by atoms with E-state index in [4.69, 9.17) is 11.6 Å². The van der Waals surface area contributed by atoms with Gasteiger partial charge in [-0.15, -0.1) is 11.3 Å². The molecule has 2 N–H and O–H groups in total. The maximum absolute atomic E-state index is 11.6. The van der Waals surface area contributed by atoms with Crippen LogP contribution in [-0.2, 0) is 4.79 Å². The number of hydrogen-bond acceptors (Lipinski definition) is 4. The van der Waals surface area contributed by atoms with Crippen LogP contribution in [0.4, 0.5) is 0 Å². The number of thiophene rings is 1. The van der Waals surface area contributed by atoms with Crippen molar-refractivity contribution in [2.45, 2.75) is 26.0 Å². The van der Waals surface area contributed by atoms with E-state index in [1.165, 1.54) is 13.0 Å². The molecule has 4 nitrogen and oxygen atoms in total. The zero-order chi connectivity index (χ0) is 12.3. The molecule has 1 aromatic heterocycles. The molecule has 0 aliphatic rings. The second kappa shape index (κ2) is 5.43. The number of ketones is 1. The largest absolute Gasteiger partial charge is 0.391 e. The lowest BCUT2D eigenvalue weighted by Crippen LogP contribution is -2.42. The van der Waals surface area contributed by atoms with E-state index in [0.717, 1.165) is 11.3 Å². The number of halogens is 1. The Hall–Kier alpha value is -0.910. The monoisotopic (exact) mass is 261 g/mol. The van der Waals surface area contributed by atoms with E-state index < -0.39 is 23.8 Å². The Morgan fingerprint density at radius 2 is 2.06 bits per heavy atom. The molecule has 0 fully saturated rings. The molecule has 0 unspecified atom stereocenters. The maximum Gasteiger partial charge on any atom is 0.293 e. The molecule has 0 aliphatic carbocycles. The van der Waals surface area contributed by atoms with Crippen molar-refractivity contribution in [1.82, 2.24) is 5.32 Å². The van der Waals surface area contributed by atoms with E-state index in [0.29, 0.717) is 9.21 Å². The SMILES string of the molecule is C[C@H](O)[C@H](C)NC(=O)C(=O)c1ccc(Cl)s1.